The number of benzene rings is 1. The third kappa shape index (κ3) is 5.66. The highest BCUT2D eigenvalue weighted by atomic mass is 32.1. The molecule has 0 saturated carbocycles. The number of anilines is 1. The summed E-state index contributed by atoms with van der Waals surface area (Å²) < 4.78 is 0. The second kappa shape index (κ2) is 11.0. The number of nitro benzene ring substituents is 1. The van der Waals surface area contributed by atoms with Crippen LogP contribution in [-0.4, -0.2) is 63.9 Å². The van der Waals surface area contributed by atoms with E-state index in [-0.39, 0.29) is 23.6 Å². The number of aromatic nitrogens is 1. The molecule has 2 amide bonds. The third-order valence-electron chi connectivity index (χ3n) is 5.82. The van der Waals surface area contributed by atoms with E-state index >= 15 is 0 Å². The summed E-state index contributed by atoms with van der Waals surface area (Å²) in [5, 5.41) is 25.5. The van der Waals surface area contributed by atoms with E-state index in [0.717, 1.165) is 0 Å². The number of carboxylic acids is 1. The quantitative estimate of drug-likeness (QED) is 0.348. The number of pyridine rings is 1. The minimum absolute atomic E-state index is 0.0581. The SMILES string of the molecule is O=C(O)CC(NC(=O)c1ccc(N2CCN(C(=O)c3cccnc3)CC2)c([N+](=O)[O-])c1)c1cccs1. The molecule has 1 aromatic carbocycles. The summed E-state index contributed by atoms with van der Waals surface area (Å²) >= 11 is 1.32. The number of nitrogens with zero attached hydrogens (tertiary/aromatic N) is 4. The summed E-state index contributed by atoms with van der Waals surface area (Å²) in [7, 11) is 0. The van der Waals surface area contributed by atoms with Crippen LogP contribution in [0.2, 0.25) is 0 Å². The monoisotopic (exact) mass is 509 g/mol. The van der Waals surface area contributed by atoms with Gasteiger partial charge in [0.05, 0.1) is 22.9 Å². The minimum Gasteiger partial charge on any atom is -0.481 e. The Kier molecular flexibility index (Phi) is 7.54. The van der Waals surface area contributed by atoms with E-state index in [1.807, 2.05) is 4.90 Å². The van der Waals surface area contributed by atoms with Gasteiger partial charge in [-0.25, -0.2) is 0 Å². The summed E-state index contributed by atoms with van der Waals surface area (Å²) in [4.78, 5) is 56.2. The molecule has 1 aliphatic heterocycles. The van der Waals surface area contributed by atoms with Crippen LogP contribution in [0.25, 0.3) is 0 Å². The van der Waals surface area contributed by atoms with Gasteiger partial charge in [-0.15, -0.1) is 11.3 Å². The van der Waals surface area contributed by atoms with Crippen LogP contribution in [0.3, 0.4) is 0 Å². The molecule has 186 valence electrons. The summed E-state index contributed by atoms with van der Waals surface area (Å²) in [6, 6.07) is 10.3. The average molecular weight is 510 g/mol. The summed E-state index contributed by atoms with van der Waals surface area (Å²) in [5.74, 6) is -1.82. The van der Waals surface area contributed by atoms with E-state index < -0.39 is 22.8 Å². The van der Waals surface area contributed by atoms with Crippen LogP contribution in [0, 0.1) is 10.1 Å². The topological polar surface area (TPSA) is 146 Å². The lowest BCUT2D eigenvalue weighted by Gasteiger charge is -2.35. The fourth-order valence-electron chi connectivity index (χ4n) is 4.03. The van der Waals surface area contributed by atoms with E-state index in [4.69, 9.17) is 0 Å². The highest BCUT2D eigenvalue weighted by Gasteiger charge is 2.28. The van der Waals surface area contributed by atoms with Gasteiger partial charge in [-0.3, -0.25) is 29.5 Å². The second-order valence-electron chi connectivity index (χ2n) is 8.12. The molecule has 0 bridgehead atoms. The maximum atomic E-state index is 12.9. The fraction of sp³-hybridized carbons (Fsp3) is 0.250. The zero-order valence-electron chi connectivity index (χ0n) is 19.1. The van der Waals surface area contributed by atoms with Gasteiger partial charge < -0.3 is 20.2 Å². The van der Waals surface area contributed by atoms with Crippen LogP contribution in [0.5, 0.6) is 0 Å². The fourth-order valence-corrected chi connectivity index (χ4v) is 4.81. The number of nitrogens with one attached hydrogen (secondary N) is 1. The third-order valence-corrected chi connectivity index (χ3v) is 6.81. The van der Waals surface area contributed by atoms with Crippen molar-refractivity contribution in [2.75, 3.05) is 31.1 Å². The van der Waals surface area contributed by atoms with Gasteiger partial charge >= 0.3 is 5.97 Å². The van der Waals surface area contributed by atoms with Crippen LogP contribution < -0.4 is 10.2 Å². The molecule has 3 aromatic rings. The van der Waals surface area contributed by atoms with Gasteiger partial charge in [-0.1, -0.05) is 6.07 Å². The number of carbonyl (C=O) groups is 3. The first-order chi connectivity index (χ1) is 17.3. The molecular weight excluding hydrogens is 486 g/mol. The number of amides is 2. The number of nitro groups is 1. The smallest absolute Gasteiger partial charge is 0.305 e. The zero-order chi connectivity index (χ0) is 25.7. The number of rotatable bonds is 8. The Balaban J connectivity index is 1.47. The highest BCUT2D eigenvalue weighted by Crippen LogP contribution is 2.31. The van der Waals surface area contributed by atoms with Crippen LogP contribution >= 0.6 is 11.3 Å². The van der Waals surface area contributed by atoms with Gasteiger partial charge in [0, 0.05) is 55.1 Å². The van der Waals surface area contributed by atoms with Crippen LogP contribution in [-0.2, 0) is 4.79 Å². The molecule has 12 heteroatoms. The minimum atomic E-state index is -1.07. The van der Waals surface area contributed by atoms with Crippen LogP contribution in [0.1, 0.15) is 38.1 Å². The Morgan fingerprint density at radius 3 is 2.50 bits per heavy atom. The van der Waals surface area contributed by atoms with Crippen molar-refractivity contribution in [3.05, 3.63) is 86.4 Å². The molecule has 11 nitrogen and oxygen atoms in total. The summed E-state index contributed by atoms with van der Waals surface area (Å²) in [5.41, 5.74) is 0.657. The molecule has 36 heavy (non-hydrogen) atoms. The molecule has 1 atom stereocenters. The maximum Gasteiger partial charge on any atom is 0.305 e. The molecule has 1 saturated heterocycles. The lowest BCUT2D eigenvalue weighted by Crippen LogP contribution is -2.49. The number of hydrogen-bond donors (Lipinski definition) is 2. The number of aliphatic carboxylic acids is 1. The van der Waals surface area contributed by atoms with Crippen molar-refractivity contribution in [3.8, 4) is 0 Å². The standard InChI is InChI=1S/C24H23N5O6S/c30-22(31)14-18(21-4-2-12-36-21)26-23(32)16-5-6-19(20(13-16)29(34)35)27-8-10-28(11-9-27)24(33)17-3-1-7-25-15-17/h1-7,12-13,15,18H,8-11,14H2,(H,26,32)(H,30,31). The normalized spacial score (nSPS) is 14.2. The Hall–Kier alpha value is -4.32. The molecule has 2 aromatic heterocycles. The molecule has 0 radical (unpaired) electrons. The van der Waals surface area contributed by atoms with Gasteiger partial charge in [0.1, 0.15) is 5.69 Å². The Morgan fingerprint density at radius 2 is 1.89 bits per heavy atom. The van der Waals surface area contributed by atoms with Crippen molar-refractivity contribution in [1.82, 2.24) is 15.2 Å². The predicted molar refractivity (Wildman–Crippen MR) is 132 cm³/mol. The number of thiophene rings is 1. The van der Waals surface area contributed by atoms with Crippen molar-refractivity contribution >= 4 is 40.5 Å². The molecule has 1 fully saturated rings. The summed E-state index contributed by atoms with van der Waals surface area (Å²) in [6.07, 6.45) is 2.78. The first-order valence-corrected chi connectivity index (χ1v) is 12.0. The maximum absolute atomic E-state index is 12.9. The van der Waals surface area contributed by atoms with E-state index in [2.05, 4.69) is 10.3 Å². The van der Waals surface area contributed by atoms with Gasteiger partial charge in [0.15, 0.2) is 0 Å². The molecule has 0 aliphatic carbocycles. The number of piperazine rings is 1. The van der Waals surface area contributed by atoms with Crippen LogP contribution in [0.15, 0.2) is 60.2 Å². The second-order valence-corrected chi connectivity index (χ2v) is 9.10. The molecule has 1 aliphatic rings. The van der Waals surface area contributed by atoms with Gasteiger partial charge in [-0.2, -0.15) is 0 Å². The largest absolute Gasteiger partial charge is 0.481 e. The van der Waals surface area contributed by atoms with Crippen molar-refractivity contribution in [1.29, 1.82) is 0 Å². The molecule has 4 rings (SSSR count). The van der Waals surface area contributed by atoms with Gasteiger partial charge in [-0.05, 0) is 35.7 Å². The molecule has 0 spiro atoms. The van der Waals surface area contributed by atoms with E-state index in [9.17, 15) is 29.6 Å². The lowest BCUT2D eigenvalue weighted by atomic mass is 10.1. The van der Waals surface area contributed by atoms with E-state index in [0.29, 0.717) is 42.3 Å². The van der Waals surface area contributed by atoms with Crippen molar-refractivity contribution in [2.45, 2.75) is 12.5 Å². The Labute approximate surface area is 210 Å². The number of carbonyl (C=O) groups excluding carboxylic acids is 2. The zero-order valence-corrected chi connectivity index (χ0v) is 19.9. The molecule has 1 unspecified atom stereocenters. The highest BCUT2D eigenvalue weighted by molar-refractivity contribution is 7.10. The average Bonchev–Trinajstić information content (AvgIpc) is 3.43. The van der Waals surface area contributed by atoms with Gasteiger partial charge in [0.25, 0.3) is 17.5 Å². The first-order valence-electron chi connectivity index (χ1n) is 11.1. The van der Waals surface area contributed by atoms with Crippen molar-refractivity contribution in [2.24, 2.45) is 0 Å². The Bertz CT molecular complexity index is 1260. The van der Waals surface area contributed by atoms with E-state index in [1.54, 1.807) is 40.7 Å². The molecular formula is C24H23N5O6S. The number of hydrogen-bond acceptors (Lipinski definition) is 8. The summed E-state index contributed by atoms with van der Waals surface area (Å²) in [6.45, 7) is 1.53. The van der Waals surface area contributed by atoms with Crippen LogP contribution in [0.4, 0.5) is 11.4 Å². The lowest BCUT2D eigenvalue weighted by molar-refractivity contribution is -0.384. The molecule has 2 N–H and O–H groups in total. The van der Waals surface area contributed by atoms with Crippen molar-refractivity contribution in [3.63, 3.8) is 0 Å². The molecule has 3 heterocycles. The van der Waals surface area contributed by atoms with Gasteiger partial charge in [0.2, 0.25) is 0 Å². The predicted octanol–water partition coefficient (Wildman–Crippen LogP) is 2.96. The van der Waals surface area contributed by atoms with Crippen molar-refractivity contribution < 1.29 is 24.4 Å². The van der Waals surface area contributed by atoms with E-state index in [1.165, 1.54) is 35.7 Å². The Morgan fingerprint density at radius 1 is 1.11 bits per heavy atom. The first kappa shape index (κ1) is 24.8. The number of carboxylic acid groups (broad SMARTS) is 1.